The summed E-state index contributed by atoms with van der Waals surface area (Å²) in [4.78, 5) is 27.1. The fourth-order valence-corrected chi connectivity index (χ4v) is 4.71. The molecule has 1 aromatic carbocycles. The zero-order chi connectivity index (χ0) is 24.8. The number of rotatable bonds is 8. The highest BCUT2D eigenvalue weighted by Crippen LogP contribution is 2.29. The van der Waals surface area contributed by atoms with Gasteiger partial charge in [0.25, 0.3) is 5.91 Å². The Morgan fingerprint density at radius 3 is 2.46 bits per heavy atom. The molecule has 8 heteroatoms. The molecule has 0 radical (unpaired) electrons. The van der Waals surface area contributed by atoms with Crippen LogP contribution in [0.25, 0.3) is 0 Å². The van der Waals surface area contributed by atoms with Crippen LogP contribution in [0, 0.1) is 0 Å². The highest BCUT2D eigenvalue weighted by Gasteiger charge is 2.22. The Balaban J connectivity index is 1.40. The first-order valence-corrected chi connectivity index (χ1v) is 13.2. The van der Waals surface area contributed by atoms with Crippen molar-refractivity contribution in [2.45, 2.75) is 50.6 Å². The van der Waals surface area contributed by atoms with Gasteiger partial charge in [-0.25, -0.2) is 9.97 Å². The van der Waals surface area contributed by atoms with Gasteiger partial charge >= 0.3 is 0 Å². The number of carbonyl (C=O) groups is 1. The normalized spacial score (nSPS) is 14.8. The summed E-state index contributed by atoms with van der Waals surface area (Å²) in [6.45, 7) is 14.4. The Morgan fingerprint density at radius 1 is 1.09 bits per heavy atom. The Bertz CT molecular complexity index is 1100. The van der Waals surface area contributed by atoms with E-state index in [2.05, 4.69) is 48.9 Å². The summed E-state index contributed by atoms with van der Waals surface area (Å²) in [5.74, 6) is 2.38. The summed E-state index contributed by atoms with van der Waals surface area (Å²) >= 11 is 1.64. The molecule has 1 aliphatic heterocycles. The summed E-state index contributed by atoms with van der Waals surface area (Å²) in [5, 5.41) is 3.67. The highest BCUT2D eigenvalue weighted by molar-refractivity contribution is 7.98. The number of piperazine rings is 1. The van der Waals surface area contributed by atoms with Gasteiger partial charge in [0.2, 0.25) is 0 Å². The van der Waals surface area contributed by atoms with Crippen LogP contribution in [0.15, 0.2) is 58.3 Å². The molecular weight excluding hydrogens is 458 g/mol. The van der Waals surface area contributed by atoms with Crippen molar-refractivity contribution in [3.05, 3.63) is 71.3 Å². The van der Waals surface area contributed by atoms with E-state index in [0.29, 0.717) is 12.1 Å². The van der Waals surface area contributed by atoms with Crippen molar-refractivity contribution in [2.24, 2.45) is 0 Å². The summed E-state index contributed by atoms with van der Waals surface area (Å²) in [6.07, 6.45) is 1.60. The largest absolute Gasteiger partial charge is 0.467 e. The third-order valence-electron chi connectivity index (χ3n) is 6.19. The summed E-state index contributed by atoms with van der Waals surface area (Å²) in [7, 11) is 0. The lowest BCUT2D eigenvalue weighted by atomic mass is 9.92. The molecule has 1 fully saturated rings. The molecule has 3 aromatic rings. The predicted molar refractivity (Wildman–Crippen MR) is 141 cm³/mol. The van der Waals surface area contributed by atoms with Crippen molar-refractivity contribution in [3.63, 3.8) is 0 Å². The number of thioether (sulfide) groups is 1. The van der Waals surface area contributed by atoms with Gasteiger partial charge < -0.3 is 19.5 Å². The van der Waals surface area contributed by atoms with Crippen LogP contribution in [-0.4, -0.2) is 53.5 Å². The summed E-state index contributed by atoms with van der Waals surface area (Å²) < 4.78 is 5.26. The van der Waals surface area contributed by atoms with Crippen LogP contribution in [0.1, 0.15) is 55.1 Å². The van der Waals surface area contributed by atoms with Gasteiger partial charge in [-0.3, -0.25) is 4.79 Å². The summed E-state index contributed by atoms with van der Waals surface area (Å²) in [6, 6.07) is 13.5. The predicted octanol–water partition coefficient (Wildman–Crippen LogP) is 4.73. The molecule has 1 N–H and O–H groups in total. The van der Waals surface area contributed by atoms with Crippen LogP contribution < -0.4 is 10.2 Å². The van der Waals surface area contributed by atoms with Crippen LogP contribution in [-0.2, 0) is 17.7 Å². The molecule has 1 amide bonds. The molecule has 3 heterocycles. The standard InChI is InChI=1S/C27H35N5O2S/c1-5-31-12-14-32(15-13-31)24-17-23(27(2,3)4)29-26(30-24)35-19-20-8-10-21(11-9-20)25(33)28-18-22-7-6-16-34-22/h6-11,16-17H,5,12-15,18-19H2,1-4H3,(H,28,33). The molecule has 1 saturated heterocycles. The maximum absolute atomic E-state index is 12.4. The molecule has 186 valence electrons. The molecule has 0 atom stereocenters. The van der Waals surface area contributed by atoms with E-state index in [1.165, 1.54) is 0 Å². The van der Waals surface area contributed by atoms with Crippen molar-refractivity contribution in [1.82, 2.24) is 20.2 Å². The number of likely N-dealkylation sites (N-methyl/N-ethyl adjacent to an activating group) is 1. The van der Waals surface area contributed by atoms with E-state index < -0.39 is 0 Å². The highest BCUT2D eigenvalue weighted by atomic mass is 32.2. The number of nitrogens with zero attached hydrogens (tertiary/aromatic N) is 4. The number of anilines is 1. The number of nitrogens with one attached hydrogen (secondary N) is 1. The number of amides is 1. The van der Waals surface area contributed by atoms with Crippen LogP contribution >= 0.6 is 11.8 Å². The second kappa shape index (κ2) is 11.3. The monoisotopic (exact) mass is 493 g/mol. The Labute approximate surface area is 212 Å². The molecule has 2 aromatic heterocycles. The number of hydrogen-bond donors (Lipinski definition) is 1. The van der Waals surface area contributed by atoms with E-state index >= 15 is 0 Å². The second-order valence-corrected chi connectivity index (χ2v) is 10.8. The molecule has 0 bridgehead atoms. The minimum Gasteiger partial charge on any atom is -0.467 e. The number of hydrogen-bond acceptors (Lipinski definition) is 7. The van der Waals surface area contributed by atoms with Gasteiger partial charge in [0.1, 0.15) is 11.6 Å². The van der Waals surface area contributed by atoms with Gasteiger partial charge in [-0.2, -0.15) is 0 Å². The second-order valence-electron chi connectivity index (χ2n) is 9.81. The average molecular weight is 494 g/mol. The first-order chi connectivity index (χ1) is 16.8. The van der Waals surface area contributed by atoms with E-state index in [-0.39, 0.29) is 11.3 Å². The lowest BCUT2D eigenvalue weighted by Crippen LogP contribution is -2.46. The fourth-order valence-electron chi connectivity index (χ4n) is 3.90. The Morgan fingerprint density at radius 2 is 1.83 bits per heavy atom. The van der Waals surface area contributed by atoms with Gasteiger partial charge in [0.05, 0.1) is 18.5 Å². The van der Waals surface area contributed by atoms with Crippen LogP contribution in [0.4, 0.5) is 5.82 Å². The van der Waals surface area contributed by atoms with E-state index in [1.54, 1.807) is 18.0 Å². The minimum atomic E-state index is -0.116. The van der Waals surface area contributed by atoms with E-state index in [1.807, 2.05) is 36.4 Å². The molecule has 4 rings (SSSR count). The van der Waals surface area contributed by atoms with Crippen molar-refractivity contribution in [3.8, 4) is 0 Å². The van der Waals surface area contributed by atoms with Gasteiger partial charge in [0, 0.05) is 49.0 Å². The number of furan rings is 1. The first kappa shape index (κ1) is 25.3. The molecular formula is C27H35N5O2S. The van der Waals surface area contributed by atoms with E-state index in [9.17, 15) is 4.79 Å². The minimum absolute atomic E-state index is 0.0527. The third-order valence-corrected chi connectivity index (χ3v) is 7.11. The number of carbonyl (C=O) groups excluding carboxylic acids is 1. The molecule has 0 spiro atoms. The van der Waals surface area contributed by atoms with E-state index in [4.69, 9.17) is 14.4 Å². The Hall–Kier alpha value is -2.84. The lowest BCUT2D eigenvalue weighted by molar-refractivity contribution is 0.0948. The van der Waals surface area contributed by atoms with Crippen molar-refractivity contribution in [2.75, 3.05) is 37.6 Å². The van der Waals surface area contributed by atoms with Crippen LogP contribution in [0.2, 0.25) is 0 Å². The molecule has 1 aliphatic rings. The average Bonchev–Trinajstić information content (AvgIpc) is 3.39. The zero-order valence-electron chi connectivity index (χ0n) is 21.1. The van der Waals surface area contributed by atoms with Gasteiger partial charge in [-0.1, -0.05) is 51.6 Å². The maximum Gasteiger partial charge on any atom is 0.251 e. The number of aromatic nitrogens is 2. The van der Waals surface area contributed by atoms with Crippen LogP contribution in [0.5, 0.6) is 0 Å². The topological polar surface area (TPSA) is 74.5 Å². The van der Waals surface area contributed by atoms with Crippen LogP contribution in [0.3, 0.4) is 0 Å². The first-order valence-electron chi connectivity index (χ1n) is 12.2. The maximum atomic E-state index is 12.4. The molecule has 0 saturated carbocycles. The lowest BCUT2D eigenvalue weighted by Gasteiger charge is -2.35. The van der Waals surface area contributed by atoms with Gasteiger partial charge in [0.15, 0.2) is 5.16 Å². The smallest absolute Gasteiger partial charge is 0.251 e. The molecule has 0 aliphatic carbocycles. The van der Waals surface area contributed by atoms with Crippen molar-refractivity contribution >= 4 is 23.5 Å². The van der Waals surface area contributed by atoms with E-state index in [0.717, 1.165) is 66.5 Å². The van der Waals surface area contributed by atoms with Crippen molar-refractivity contribution in [1.29, 1.82) is 0 Å². The Kier molecular flexibility index (Phi) is 8.13. The number of benzene rings is 1. The third kappa shape index (κ3) is 6.86. The SMILES string of the molecule is CCN1CCN(c2cc(C(C)(C)C)nc(SCc3ccc(C(=O)NCc4ccco4)cc3)n2)CC1. The molecule has 0 unspecified atom stereocenters. The zero-order valence-corrected chi connectivity index (χ0v) is 21.9. The van der Waals surface area contributed by atoms with Gasteiger partial charge in [-0.05, 0) is 36.4 Å². The quantitative estimate of drug-likeness (QED) is 0.359. The summed E-state index contributed by atoms with van der Waals surface area (Å²) in [5.41, 5.74) is 2.76. The fraction of sp³-hybridized carbons (Fsp3) is 0.444. The molecule has 35 heavy (non-hydrogen) atoms. The van der Waals surface area contributed by atoms with Crippen molar-refractivity contribution < 1.29 is 9.21 Å². The molecule has 7 nitrogen and oxygen atoms in total. The van der Waals surface area contributed by atoms with Gasteiger partial charge in [-0.15, -0.1) is 0 Å².